The number of aliphatic hydroxyl groups excluding tert-OH is 1. The number of phenolic OH excluding ortho intramolecular Hbond substituents is 1. The van der Waals surface area contributed by atoms with E-state index in [0.29, 0.717) is 17.7 Å². The average Bonchev–Trinajstić information content (AvgIpc) is 2.62. The van der Waals surface area contributed by atoms with Crippen molar-refractivity contribution < 1.29 is 24.1 Å². The minimum Gasteiger partial charge on any atom is -0.505 e. The highest BCUT2D eigenvalue weighted by molar-refractivity contribution is 7.98. The van der Waals surface area contributed by atoms with E-state index in [0.717, 1.165) is 11.0 Å². The van der Waals surface area contributed by atoms with Crippen molar-refractivity contribution in [2.24, 2.45) is 5.41 Å². The number of anilines is 1. The number of thioether (sulfide) groups is 1. The Morgan fingerprint density at radius 1 is 1.26 bits per heavy atom. The molecule has 0 spiro atoms. The lowest BCUT2D eigenvalue weighted by molar-refractivity contribution is 0.0150. The van der Waals surface area contributed by atoms with Crippen LogP contribution in [0.25, 0.3) is 0 Å². The van der Waals surface area contributed by atoms with Crippen molar-refractivity contribution in [2.45, 2.75) is 31.3 Å². The summed E-state index contributed by atoms with van der Waals surface area (Å²) >= 11 is 1.59. The highest BCUT2D eigenvalue weighted by Crippen LogP contribution is 2.40. The molecule has 2 aromatic rings. The summed E-state index contributed by atoms with van der Waals surface area (Å²) in [5.41, 5.74) is 0.322. The molecule has 0 aromatic heterocycles. The molecular formula is C20H24FNO4S. The number of carbonyl (C=O) groups excluding carboxylic acids is 1. The predicted molar refractivity (Wildman–Crippen MR) is 105 cm³/mol. The molecule has 0 aliphatic rings. The molecule has 0 unspecified atom stereocenters. The molecule has 2 rings (SSSR count). The molecule has 0 saturated carbocycles. The van der Waals surface area contributed by atoms with Crippen molar-refractivity contribution in [1.82, 2.24) is 0 Å². The number of benzene rings is 2. The van der Waals surface area contributed by atoms with Gasteiger partial charge in [-0.2, -0.15) is 0 Å². The van der Waals surface area contributed by atoms with Gasteiger partial charge in [0.1, 0.15) is 6.10 Å². The largest absolute Gasteiger partial charge is 0.505 e. The van der Waals surface area contributed by atoms with Crippen LogP contribution >= 0.6 is 11.8 Å². The molecule has 1 amide bonds. The number of phenols is 1. The van der Waals surface area contributed by atoms with Gasteiger partial charge in [-0.15, -0.1) is 11.8 Å². The van der Waals surface area contributed by atoms with Gasteiger partial charge < -0.3 is 14.9 Å². The van der Waals surface area contributed by atoms with Crippen molar-refractivity contribution in [3.05, 3.63) is 53.8 Å². The number of ether oxygens (including phenoxy) is 1. The van der Waals surface area contributed by atoms with Gasteiger partial charge in [0.2, 0.25) is 0 Å². The van der Waals surface area contributed by atoms with Gasteiger partial charge in [0, 0.05) is 22.6 Å². The first-order valence-corrected chi connectivity index (χ1v) is 9.70. The molecule has 0 aliphatic carbocycles. The molecule has 0 aliphatic heterocycles. The van der Waals surface area contributed by atoms with Crippen LogP contribution in [-0.2, 0) is 4.74 Å². The number of halogens is 1. The van der Waals surface area contributed by atoms with Gasteiger partial charge in [-0.25, -0.2) is 9.18 Å². The van der Waals surface area contributed by atoms with Crippen molar-refractivity contribution in [3.63, 3.8) is 0 Å². The van der Waals surface area contributed by atoms with Gasteiger partial charge in [0.05, 0.1) is 0 Å². The number of nitrogens with one attached hydrogen (secondary N) is 1. The molecular weight excluding hydrogens is 369 g/mol. The van der Waals surface area contributed by atoms with Gasteiger partial charge in [0.15, 0.2) is 11.6 Å². The van der Waals surface area contributed by atoms with Crippen molar-refractivity contribution in [1.29, 1.82) is 0 Å². The Kier molecular flexibility index (Phi) is 7.10. The Morgan fingerprint density at radius 2 is 1.93 bits per heavy atom. The van der Waals surface area contributed by atoms with Crippen molar-refractivity contribution >= 4 is 23.5 Å². The second-order valence-electron chi connectivity index (χ2n) is 6.81. The third-order valence-corrected chi connectivity index (χ3v) is 5.05. The standard InChI is InChI=1S/C20H24FNO4S/c1-20(2,10-11-23)18(13-4-9-17(24)16(21)12-13)26-19(25)22-14-5-7-15(27-3)8-6-14/h4-9,12,18,23-24H,10-11H2,1-3H3,(H,22,25)/t18-/m0/s1. The lowest BCUT2D eigenvalue weighted by Crippen LogP contribution is -2.29. The van der Waals surface area contributed by atoms with E-state index in [1.807, 2.05) is 32.2 Å². The molecule has 1 atom stereocenters. The Labute approximate surface area is 162 Å². The number of amides is 1. The lowest BCUT2D eigenvalue weighted by Gasteiger charge is -2.33. The highest BCUT2D eigenvalue weighted by atomic mass is 32.2. The van der Waals surface area contributed by atoms with Crippen LogP contribution in [0.2, 0.25) is 0 Å². The van der Waals surface area contributed by atoms with E-state index in [2.05, 4.69) is 5.32 Å². The Balaban J connectivity index is 2.22. The summed E-state index contributed by atoms with van der Waals surface area (Å²) < 4.78 is 19.4. The first kappa shape index (κ1) is 21.1. The maximum atomic E-state index is 13.8. The Hall–Kier alpha value is -2.25. The smallest absolute Gasteiger partial charge is 0.412 e. The number of carbonyl (C=O) groups is 1. The maximum absolute atomic E-state index is 13.8. The number of rotatable bonds is 7. The van der Waals surface area contributed by atoms with Crippen LogP contribution in [0, 0.1) is 11.2 Å². The van der Waals surface area contributed by atoms with E-state index >= 15 is 0 Å². The lowest BCUT2D eigenvalue weighted by atomic mass is 9.80. The second kappa shape index (κ2) is 9.10. The zero-order valence-corrected chi connectivity index (χ0v) is 16.3. The summed E-state index contributed by atoms with van der Waals surface area (Å²) in [5.74, 6) is -1.27. The second-order valence-corrected chi connectivity index (χ2v) is 7.69. The third kappa shape index (κ3) is 5.61. The minimum absolute atomic E-state index is 0.106. The van der Waals surface area contributed by atoms with Gasteiger partial charge in [0.25, 0.3) is 0 Å². The average molecular weight is 393 g/mol. The summed E-state index contributed by atoms with van der Waals surface area (Å²) in [6.45, 7) is 3.53. The molecule has 146 valence electrons. The minimum atomic E-state index is -0.815. The van der Waals surface area contributed by atoms with E-state index in [4.69, 9.17) is 4.74 Å². The molecule has 5 nitrogen and oxygen atoms in total. The predicted octanol–water partition coefficient (Wildman–Crippen LogP) is 4.95. The molecule has 7 heteroatoms. The zero-order valence-electron chi connectivity index (χ0n) is 15.5. The monoisotopic (exact) mass is 393 g/mol. The first-order valence-electron chi connectivity index (χ1n) is 8.48. The SMILES string of the molecule is CSc1ccc(NC(=O)O[C@@H](c2ccc(O)c(F)c2)C(C)(C)CCO)cc1. The van der Waals surface area contributed by atoms with Gasteiger partial charge in [-0.1, -0.05) is 19.9 Å². The zero-order chi connectivity index (χ0) is 20.0. The fraction of sp³-hybridized carbons (Fsp3) is 0.350. The van der Waals surface area contributed by atoms with Crippen molar-refractivity contribution in [2.75, 3.05) is 18.2 Å². The molecule has 0 fully saturated rings. The van der Waals surface area contributed by atoms with Crippen LogP contribution in [0.3, 0.4) is 0 Å². The van der Waals surface area contributed by atoms with E-state index in [9.17, 15) is 19.4 Å². The van der Waals surface area contributed by atoms with Gasteiger partial charge in [-0.05, 0) is 54.6 Å². The van der Waals surface area contributed by atoms with Crippen LogP contribution in [0.4, 0.5) is 14.9 Å². The van der Waals surface area contributed by atoms with Crippen LogP contribution < -0.4 is 5.32 Å². The summed E-state index contributed by atoms with van der Waals surface area (Å²) in [6, 6.07) is 11.1. The Morgan fingerprint density at radius 3 is 2.48 bits per heavy atom. The topological polar surface area (TPSA) is 78.8 Å². The number of aliphatic hydroxyl groups is 1. The molecule has 0 radical (unpaired) electrons. The van der Waals surface area contributed by atoms with E-state index in [1.165, 1.54) is 12.1 Å². The van der Waals surface area contributed by atoms with E-state index < -0.39 is 29.2 Å². The summed E-state index contributed by atoms with van der Waals surface area (Å²) in [7, 11) is 0. The molecule has 3 N–H and O–H groups in total. The quantitative estimate of drug-likeness (QED) is 0.580. The first-order chi connectivity index (χ1) is 12.8. The number of aromatic hydroxyl groups is 1. The molecule has 0 saturated heterocycles. The summed E-state index contributed by atoms with van der Waals surface area (Å²) in [6.07, 6.45) is 0.804. The number of hydrogen-bond donors (Lipinski definition) is 3. The van der Waals surface area contributed by atoms with Crippen LogP contribution in [0.1, 0.15) is 31.9 Å². The third-order valence-electron chi connectivity index (χ3n) is 4.30. The van der Waals surface area contributed by atoms with Gasteiger partial charge in [-0.3, -0.25) is 5.32 Å². The van der Waals surface area contributed by atoms with E-state index in [-0.39, 0.29) is 6.61 Å². The number of hydrogen-bond acceptors (Lipinski definition) is 5. The van der Waals surface area contributed by atoms with Crippen molar-refractivity contribution in [3.8, 4) is 5.75 Å². The molecule has 27 heavy (non-hydrogen) atoms. The summed E-state index contributed by atoms with van der Waals surface area (Å²) in [5, 5.41) is 21.4. The summed E-state index contributed by atoms with van der Waals surface area (Å²) in [4.78, 5) is 13.5. The fourth-order valence-corrected chi connectivity index (χ4v) is 3.12. The van der Waals surface area contributed by atoms with Gasteiger partial charge >= 0.3 is 6.09 Å². The molecule has 2 aromatic carbocycles. The molecule has 0 heterocycles. The molecule has 0 bridgehead atoms. The van der Waals surface area contributed by atoms with Crippen LogP contribution in [0.5, 0.6) is 5.75 Å². The Bertz CT molecular complexity index is 780. The van der Waals surface area contributed by atoms with Crippen LogP contribution in [-0.4, -0.2) is 29.2 Å². The van der Waals surface area contributed by atoms with Crippen LogP contribution in [0.15, 0.2) is 47.4 Å². The van der Waals surface area contributed by atoms with E-state index in [1.54, 1.807) is 23.9 Å². The maximum Gasteiger partial charge on any atom is 0.412 e. The highest BCUT2D eigenvalue weighted by Gasteiger charge is 2.34. The fourth-order valence-electron chi connectivity index (χ4n) is 2.71. The normalized spacial score (nSPS) is 12.5.